The molecule has 22 heavy (non-hydrogen) atoms. The minimum absolute atomic E-state index is 0.284. The van der Waals surface area contributed by atoms with Crippen molar-refractivity contribution in [1.82, 2.24) is 20.1 Å². The molecule has 1 aromatic rings. The van der Waals surface area contributed by atoms with Crippen molar-refractivity contribution in [2.24, 2.45) is 0 Å². The van der Waals surface area contributed by atoms with E-state index in [9.17, 15) is 4.79 Å². The van der Waals surface area contributed by atoms with Gasteiger partial charge in [-0.15, -0.1) is 11.3 Å². The van der Waals surface area contributed by atoms with Crippen molar-refractivity contribution in [3.8, 4) is 0 Å². The van der Waals surface area contributed by atoms with Gasteiger partial charge in [0.15, 0.2) is 0 Å². The number of aryl methyl sites for hydroxylation is 1. The molecule has 1 atom stereocenters. The minimum atomic E-state index is -0.284. The Balaban J connectivity index is 1.54. The number of carbonyl (C=O) groups excluding carboxylic acids is 1. The molecule has 2 aliphatic heterocycles. The first-order valence-corrected chi connectivity index (χ1v) is 9.19. The molecule has 122 valence electrons. The zero-order valence-corrected chi connectivity index (χ0v) is 14.4. The molecule has 5 nitrogen and oxygen atoms in total. The number of amides is 1. The van der Waals surface area contributed by atoms with Crippen molar-refractivity contribution in [1.29, 1.82) is 0 Å². The number of hydrogen-bond donors (Lipinski definition) is 1. The Morgan fingerprint density at radius 2 is 2.18 bits per heavy atom. The predicted octanol–water partition coefficient (Wildman–Crippen LogP) is 1.63. The third-order valence-electron chi connectivity index (χ3n) is 4.97. The summed E-state index contributed by atoms with van der Waals surface area (Å²) in [5.74, 6) is 0.316. The Morgan fingerprint density at radius 1 is 1.41 bits per heavy atom. The first-order chi connectivity index (χ1) is 10.6. The third kappa shape index (κ3) is 3.19. The fourth-order valence-corrected chi connectivity index (χ4v) is 4.17. The summed E-state index contributed by atoms with van der Waals surface area (Å²) in [4.78, 5) is 21.9. The number of thiazole rings is 1. The van der Waals surface area contributed by atoms with Crippen molar-refractivity contribution in [3.05, 3.63) is 16.1 Å². The number of aromatic nitrogens is 1. The van der Waals surface area contributed by atoms with Crippen LogP contribution in [0.4, 0.5) is 0 Å². The first kappa shape index (κ1) is 15.9. The fourth-order valence-electron chi connectivity index (χ4n) is 3.56. The second kappa shape index (κ2) is 6.64. The van der Waals surface area contributed by atoms with Crippen molar-refractivity contribution >= 4 is 17.2 Å². The summed E-state index contributed by atoms with van der Waals surface area (Å²) in [6.07, 6.45) is 2.99. The zero-order valence-electron chi connectivity index (χ0n) is 13.6. The Labute approximate surface area is 136 Å². The molecule has 1 unspecified atom stereocenters. The number of rotatable bonds is 4. The van der Waals surface area contributed by atoms with Crippen molar-refractivity contribution in [2.45, 2.75) is 45.2 Å². The second-order valence-electron chi connectivity index (χ2n) is 6.39. The van der Waals surface area contributed by atoms with Crippen LogP contribution in [0.25, 0.3) is 0 Å². The highest BCUT2D eigenvalue weighted by atomic mass is 32.1. The summed E-state index contributed by atoms with van der Waals surface area (Å²) < 4.78 is 0. The van der Waals surface area contributed by atoms with Gasteiger partial charge in [0, 0.05) is 38.1 Å². The van der Waals surface area contributed by atoms with Gasteiger partial charge in [0.1, 0.15) is 0 Å². The lowest BCUT2D eigenvalue weighted by Gasteiger charge is -2.39. The van der Waals surface area contributed by atoms with Crippen LogP contribution in [0.3, 0.4) is 0 Å². The van der Waals surface area contributed by atoms with E-state index in [2.05, 4.69) is 32.4 Å². The molecule has 3 rings (SSSR count). The van der Waals surface area contributed by atoms with Crippen LogP contribution in [0.1, 0.15) is 36.9 Å². The zero-order chi connectivity index (χ0) is 15.6. The number of nitrogens with zero attached hydrogens (tertiary/aromatic N) is 3. The molecule has 0 aliphatic carbocycles. The van der Waals surface area contributed by atoms with E-state index in [0.29, 0.717) is 5.91 Å². The van der Waals surface area contributed by atoms with Crippen molar-refractivity contribution < 1.29 is 4.79 Å². The highest BCUT2D eigenvalue weighted by molar-refractivity contribution is 7.09. The van der Waals surface area contributed by atoms with Crippen LogP contribution in [0.5, 0.6) is 0 Å². The van der Waals surface area contributed by atoms with Crippen LogP contribution in [-0.2, 0) is 11.3 Å². The van der Waals surface area contributed by atoms with E-state index in [1.807, 2.05) is 6.92 Å². The fraction of sp³-hybridized carbons (Fsp3) is 0.750. The van der Waals surface area contributed by atoms with Gasteiger partial charge in [-0.25, -0.2) is 4.98 Å². The standard InChI is InChI=1S/C16H26N4OS/c1-3-16(5-4-6-17-16)15(21)20-9-7-19(8-10-20)11-14-12-22-13(2)18-14/h12,17H,3-11H2,1-2H3. The van der Waals surface area contributed by atoms with Crippen LogP contribution in [-0.4, -0.2) is 59.0 Å². The van der Waals surface area contributed by atoms with Gasteiger partial charge in [-0.1, -0.05) is 6.92 Å². The van der Waals surface area contributed by atoms with Crippen LogP contribution >= 0.6 is 11.3 Å². The second-order valence-corrected chi connectivity index (χ2v) is 7.45. The molecule has 0 saturated carbocycles. The summed E-state index contributed by atoms with van der Waals surface area (Å²) >= 11 is 1.71. The summed E-state index contributed by atoms with van der Waals surface area (Å²) in [6.45, 7) is 9.62. The van der Waals surface area contributed by atoms with Gasteiger partial charge in [0.25, 0.3) is 0 Å². The normalized spacial score (nSPS) is 26.5. The first-order valence-electron chi connectivity index (χ1n) is 8.31. The van der Waals surface area contributed by atoms with Gasteiger partial charge in [0.05, 0.1) is 16.2 Å². The topological polar surface area (TPSA) is 48.5 Å². The van der Waals surface area contributed by atoms with Gasteiger partial charge >= 0.3 is 0 Å². The van der Waals surface area contributed by atoms with E-state index in [-0.39, 0.29) is 5.54 Å². The average Bonchev–Trinajstić information content (AvgIpc) is 3.17. The van der Waals surface area contributed by atoms with Crippen LogP contribution < -0.4 is 5.32 Å². The highest BCUT2D eigenvalue weighted by Crippen LogP contribution is 2.26. The Kier molecular flexibility index (Phi) is 4.80. The van der Waals surface area contributed by atoms with Gasteiger partial charge in [-0.3, -0.25) is 9.69 Å². The smallest absolute Gasteiger partial charge is 0.242 e. The molecule has 0 radical (unpaired) electrons. The maximum Gasteiger partial charge on any atom is 0.242 e. The monoisotopic (exact) mass is 322 g/mol. The van der Waals surface area contributed by atoms with Gasteiger partial charge in [-0.05, 0) is 32.7 Å². The highest BCUT2D eigenvalue weighted by Gasteiger charge is 2.42. The van der Waals surface area contributed by atoms with Gasteiger partial charge in [0.2, 0.25) is 5.91 Å². The van der Waals surface area contributed by atoms with Crippen molar-refractivity contribution in [2.75, 3.05) is 32.7 Å². The van der Waals surface area contributed by atoms with Crippen molar-refractivity contribution in [3.63, 3.8) is 0 Å². The van der Waals surface area contributed by atoms with E-state index < -0.39 is 0 Å². The maximum absolute atomic E-state index is 12.9. The lowest BCUT2D eigenvalue weighted by atomic mass is 9.92. The van der Waals surface area contributed by atoms with E-state index in [4.69, 9.17) is 0 Å². The number of piperazine rings is 1. The van der Waals surface area contributed by atoms with Gasteiger partial charge < -0.3 is 10.2 Å². The van der Waals surface area contributed by atoms with Gasteiger partial charge in [-0.2, -0.15) is 0 Å². The molecule has 3 heterocycles. The summed E-state index contributed by atoms with van der Waals surface area (Å²) in [5, 5.41) is 6.72. The molecule has 1 aromatic heterocycles. The predicted molar refractivity (Wildman–Crippen MR) is 89.0 cm³/mol. The van der Waals surface area contributed by atoms with E-state index in [1.165, 1.54) is 0 Å². The van der Waals surface area contributed by atoms with E-state index in [1.54, 1.807) is 11.3 Å². The molecule has 2 saturated heterocycles. The van der Waals surface area contributed by atoms with Crippen LogP contribution in [0.15, 0.2) is 5.38 Å². The van der Waals surface area contributed by atoms with E-state index in [0.717, 1.165) is 69.2 Å². The van der Waals surface area contributed by atoms with Crippen LogP contribution in [0.2, 0.25) is 0 Å². The summed E-state index contributed by atoms with van der Waals surface area (Å²) in [7, 11) is 0. The quantitative estimate of drug-likeness (QED) is 0.915. The number of nitrogens with one attached hydrogen (secondary N) is 1. The molecule has 1 N–H and O–H groups in total. The molecular formula is C16H26N4OS. The Hall–Kier alpha value is -0.980. The lowest BCUT2D eigenvalue weighted by molar-refractivity contribution is -0.139. The van der Waals surface area contributed by atoms with E-state index >= 15 is 0 Å². The summed E-state index contributed by atoms with van der Waals surface area (Å²) in [5.41, 5.74) is 0.874. The molecule has 6 heteroatoms. The number of carbonyl (C=O) groups is 1. The summed E-state index contributed by atoms with van der Waals surface area (Å²) in [6, 6.07) is 0. The minimum Gasteiger partial charge on any atom is -0.339 e. The SMILES string of the molecule is CCC1(C(=O)N2CCN(Cc3csc(C)n3)CC2)CCCN1. The molecule has 1 amide bonds. The largest absolute Gasteiger partial charge is 0.339 e. The third-order valence-corrected chi connectivity index (χ3v) is 5.79. The molecule has 0 bridgehead atoms. The Bertz CT molecular complexity index is 516. The van der Waals surface area contributed by atoms with Crippen LogP contribution in [0, 0.1) is 6.92 Å². The molecule has 0 spiro atoms. The molecule has 2 aliphatic rings. The number of hydrogen-bond acceptors (Lipinski definition) is 5. The maximum atomic E-state index is 12.9. The Morgan fingerprint density at radius 3 is 2.73 bits per heavy atom. The lowest BCUT2D eigenvalue weighted by Crippen LogP contribution is -2.58. The molecule has 2 fully saturated rings. The molecule has 0 aromatic carbocycles. The molecular weight excluding hydrogens is 296 g/mol. The average molecular weight is 322 g/mol.